The number of rotatable bonds is 4. The zero-order valence-corrected chi connectivity index (χ0v) is 15.8. The van der Waals surface area contributed by atoms with Crippen molar-refractivity contribution < 1.29 is 4.79 Å². The summed E-state index contributed by atoms with van der Waals surface area (Å²) in [5.74, 6) is 1.16. The van der Waals surface area contributed by atoms with Crippen LogP contribution in [0, 0.1) is 6.92 Å². The quantitative estimate of drug-likeness (QED) is 0.772. The molecule has 0 atom stereocenters. The highest BCUT2D eigenvalue weighted by atomic mass is 16.2. The van der Waals surface area contributed by atoms with E-state index in [1.807, 2.05) is 29.2 Å². The molecule has 0 bridgehead atoms. The first-order valence-corrected chi connectivity index (χ1v) is 9.72. The van der Waals surface area contributed by atoms with Crippen LogP contribution in [0.5, 0.6) is 0 Å². The van der Waals surface area contributed by atoms with Crippen LogP contribution >= 0.6 is 0 Å². The van der Waals surface area contributed by atoms with Gasteiger partial charge in [0.25, 0.3) is 0 Å². The van der Waals surface area contributed by atoms with E-state index in [1.165, 1.54) is 11.1 Å². The first kappa shape index (κ1) is 17.6. The number of anilines is 1. The van der Waals surface area contributed by atoms with E-state index in [9.17, 15) is 4.79 Å². The van der Waals surface area contributed by atoms with Gasteiger partial charge in [-0.3, -0.25) is 4.79 Å². The number of benzene rings is 2. The van der Waals surface area contributed by atoms with Crippen molar-refractivity contribution in [3.05, 3.63) is 59.7 Å². The Bertz CT molecular complexity index is 900. The van der Waals surface area contributed by atoms with Crippen molar-refractivity contribution in [3.63, 3.8) is 0 Å². The molecule has 0 spiro atoms. The Balaban J connectivity index is 1.35. The highest BCUT2D eigenvalue weighted by molar-refractivity contribution is 5.78. The van der Waals surface area contributed by atoms with Gasteiger partial charge in [-0.25, -0.2) is 4.98 Å². The number of imidazole rings is 1. The number of nitrogens with zero attached hydrogens (tertiary/aromatic N) is 3. The Morgan fingerprint density at radius 2 is 1.96 bits per heavy atom. The van der Waals surface area contributed by atoms with Crippen LogP contribution in [0.25, 0.3) is 11.0 Å². The SMILES string of the molecule is Cc1cccc(CCC(=O)N2CCCN(c3nc4ccccc4[nH]3)CC2)c1. The minimum atomic E-state index is 0.253. The molecule has 5 nitrogen and oxygen atoms in total. The third-order valence-corrected chi connectivity index (χ3v) is 5.24. The second-order valence-corrected chi connectivity index (χ2v) is 7.29. The number of carbonyl (C=O) groups excluding carboxylic acids is 1. The number of amides is 1. The molecule has 0 aliphatic carbocycles. The maximum absolute atomic E-state index is 12.7. The van der Waals surface area contributed by atoms with Crippen LogP contribution in [-0.2, 0) is 11.2 Å². The van der Waals surface area contributed by atoms with Crippen molar-refractivity contribution in [1.29, 1.82) is 0 Å². The van der Waals surface area contributed by atoms with E-state index in [2.05, 4.69) is 41.1 Å². The summed E-state index contributed by atoms with van der Waals surface area (Å²) >= 11 is 0. The van der Waals surface area contributed by atoms with E-state index in [-0.39, 0.29) is 5.91 Å². The molecule has 1 aliphatic heterocycles. The van der Waals surface area contributed by atoms with Gasteiger partial charge in [0.1, 0.15) is 0 Å². The number of H-pyrrole nitrogens is 1. The number of aromatic nitrogens is 2. The van der Waals surface area contributed by atoms with E-state index in [0.29, 0.717) is 6.42 Å². The standard InChI is InChI=1S/C22H26N4O/c1-17-6-4-7-18(16-17)10-11-21(27)25-12-5-13-26(15-14-25)22-23-19-8-2-3-9-20(19)24-22/h2-4,6-9,16H,5,10-15H2,1H3,(H,23,24). The predicted octanol–water partition coefficient (Wildman–Crippen LogP) is 3.54. The molecule has 1 saturated heterocycles. The van der Waals surface area contributed by atoms with Crippen molar-refractivity contribution in [2.45, 2.75) is 26.2 Å². The maximum atomic E-state index is 12.7. The van der Waals surface area contributed by atoms with Crippen LogP contribution in [0.1, 0.15) is 24.0 Å². The minimum absolute atomic E-state index is 0.253. The van der Waals surface area contributed by atoms with Gasteiger partial charge in [-0.1, -0.05) is 42.0 Å². The Morgan fingerprint density at radius 3 is 2.81 bits per heavy atom. The molecular weight excluding hydrogens is 336 g/mol. The second kappa shape index (κ2) is 7.82. The fourth-order valence-electron chi connectivity index (χ4n) is 3.74. The largest absolute Gasteiger partial charge is 0.341 e. The Hall–Kier alpha value is -2.82. The van der Waals surface area contributed by atoms with E-state index in [4.69, 9.17) is 4.98 Å². The predicted molar refractivity (Wildman–Crippen MR) is 109 cm³/mol. The maximum Gasteiger partial charge on any atom is 0.222 e. The summed E-state index contributed by atoms with van der Waals surface area (Å²) in [6, 6.07) is 16.5. The topological polar surface area (TPSA) is 52.2 Å². The molecule has 1 aliphatic rings. The highest BCUT2D eigenvalue weighted by Gasteiger charge is 2.20. The highest BCUT2D eigenvalue weighted by Crippen LogP contribution is 2.19. The summed E-state index contributed by atoms with van der Waals surface area (Å²) in [7, 11) is 0. The molecule has 1 N–H and O–H groups in total. The van der Waals surface area contributed by atoms with Gasteiger partial charge >= 0.3 is 0 Å². The van der Waals surface area contributed by atoms with Crippen LogP contribution in [0.3, 0.4) is 0 Å². The summed E-state index contributed by atoms with van der Waals surface area (Å²) in [5.41, 5.74) is 4.53. The molecule has 5 heteroatoms. The number of aromatic amines is 1. The third kappa shape index (κ3) is 4.13. The number of nitrogens with one attached hydrogen (secondary N) is 1. The number of aryl methyl sites for hydroxylation is 2. The third-order valence-electron chi connectivity index (χ3n) is 5.24. The summed E-state index contributed by atoms with van der Waals surface area (Å²) in [4.78, 5) is 25.0. The number of fused-ring (bicyclic) bond motifs is 1. The molecule has 0 radical (unpaired) electrons. The van der Waals surface area contributed by atoms with Gasteiger partial charge in [-0.15, -0.1) is 0 Å². The average molecular weight is 362 g/mol. The number of carbonyl (C=O) groups is 1. The fraction of sp³-hybridized carbons (Fsp3) is 0.364. The van der Waals surface area contributed by atoms with Crippen molar-refractivity contribution in [1.82, 2.24) is 14.9 Å². The van der Waals surface area contributed by atoms with Crippen molar-refractivity contribution in [2.24, 2.45) is 0 Å². The summed E-state index contributed by atoms with van der Waals surface area (Å²) in [5, 5.41) is 0. The van der Waals surface area contributed by atoms with Crippen LogP contribution in [0.4, 0.5) is 5.95 Å². The average Bonchev–Trinajstić information content (AvgIpc) is 2.95. The van der Waals surface area contributed by atoms with Gasteiger partial charge in [0.2, 0.25) is 11.9 Å². The van der Waals surface area contributed by atoms with Crippen LogP contribution in [0.15, 0.2) is 48.5 Å². The number of hydrogen-bond acceptors (Lipinski definition) is 3. The molecule has 2 heterocycles. The Morgan fingerprint density at radius 1 is 1.07 bits per heavy atom. The van der Waals surface area contributed by atoms with E-state index in [1.54, 1.807) is 0 Å². The first-order chi connectivity index (χ1) is 13.2. The summed E-state index contributed by atoms with van der Waals surface area (Å²) < 4.78 is 0. The van der Waals surface area contributed by atoms with Crippen molar-refractivity contribution in [2.75, 3.05) is 31.1 Å². The van der Waals surface area contributed by atoms with Gasteiger partial charge in [0, 0.05) is 32.6 Å². The molecule has 0 unspecified atom stereocenters. The molecule has 1 amide bonds. The van der Waals surface area contributed by atoms with Crippen LogP contribution in [0.2, 0.25) is 0 Å². The zero-order valence-electron chi connectivity index (χ0n) is 15.8. The zero-order chi connectivity index (χ0) is 18.6. The monoisotopic (exact) mass is 362 g/mol. The van der Waals surface area contributed by atoms with Gasteiger partial charge in [-0.2, -0.15) is 0 Å². The number of hydrogen-bond donors (Lipinski definition) is 1. The lowest BCUT2D eigenvalue weighted by Crippen LogP contribution is -2.35. The molecule has 27 heavy (non-hydrogen) atoms. The first-order valence-electron chi connectivity index (χ1n) is 9.72. The number of para-hydroxylation sites is 2. The normalized spacial score (nSPS) is 15.1. The van der Waals surface area contributed by atoms with Crippen LogP contribution < -0.4 is 4.90 Å². The summed E-state index contributed by atoms with van der Waals surface area (Å²) in [6.45, 7) is 5.40. The lowest BCUT2D eigenvalue weighted by atomic mass is 10.1. The molecule has 140 valence electrons. The molecule has 0 saturated carbocycles. The smallest absolute Gasteiger partial charge is 0.222 e. The Labute approximate surface area is 160 Å². The van der Waals surface area contributed by atoms with Gasteiger partial charge in [0.15, 0.2) is 0 Å². The van der Waals surface area contributed by atoms with Crippen LogP contribution in [-0.4, -0.2) is 47.0 Å². The van der Waals surface area contributed by atoms with E-state index < -0.39 is 0 Å². The molecule has 1 aromatic heterocycles. The van der Waals surface area contributed by atoms with Gasteiger partial charge in [0.05, 0.1) is 11.0 Å². The summed E-state index contributed by atoms with van der Waals surface area (Å²) in [6.07, 6.45) is 2.35. The van der Waals surface area contributed by atoms with Crippen molar-refractivity contribution in [3.8, 4) is 0 Å². The Kier molecular flexibility index (Phi) is 5.10. The lowest BCUT2D eigenvalue weighted by Gasteiger charge is -2.22. The lowest BCUT2D eigenvalue weighted by molar-refractivity contribution is -0.130. The molecule has 1 fully saturated rings. The van der Waals surface area contributed by atoms with Gasteiger partial charge in [-0.05, 0) is 37.5 Å². The molecular formula is C22H26N4O. The molecule has 2 aromatic carbocycles. The van der Waals surface area contributed by atoms with Crippen molar-refractivity contribution >= 4 is 22.9 Å². The fourth-order valence-corrected chi connectivity index (χ4v) is 3.74. The second-order valence-electron chi connectivity index (χ2n) is 7.29. The van der Waals surface area contributed by atoms with E-state index in [0.717, 1.165) is 56.0 Å². The van der Waals surface area contributed by atoms with Gasteiger partial charge < -0.3 is 14.8 Å². The van der Waals surface area contributed by atoms with E-state index >= 15 is 0 Å². The molecule has 4 rings (SSSR count). The molecule has 3 aromatic rings. The minimum Gasteiger partial charge on any atom is -0.341 e.